The Kier molecular flexibility index (Phi) is 2.63. The molecular formula is C16H20O3. The molecule has 0 aliphatic heterocycles. The fourth-order valence-electron chi connectivity index (χ4n) is 3.30. The maximum Gasteiger partial charge on any atom is 0.316 e. The van der Waals surface area contributed by atoms with Crippen molar-refractivity contribution < 1.29 is 14.6 Å². The van der Waals surface area contributed by atoms with E-state index in [1.54, 1.807) is 12.1 Å². The molecule has 0 spiro atoms. The first-order valence-electron chi connectivity index (χ1n) is 6.96. The van der Waals surface area contributed by atoms with Gasteiger partial charge in [-0.15, -0.1) is 0 Å². The van der Waals surface area contributed by atoms with E-state index in [1.807, 2.05) is 20.8 Å². The Morgan fingerprint density at radius 3 is 2.47 bits per heavy atom. The van der Waals surface area contributed by atoms with Gasteiger partial charge in [-0.3, -0.25) is 4.79 Å². The van der Waals surface area contributed by atoms with E-state index in [0.717, 1.165) is 30.4 Å². The predicted molar refractivity (Wildman–Crippen MR) is 72.5 cm³/mol. The summed E-state index contributed by atoms with van der Waals surface area (Å²) in [4.78, 5) is 12.0. The SMILES string of the molecule is CC(C)(C)C(=O)Oc1ccc(O)c2c1[C@@H]1CC[C@H]2C1. The zero-order valence-corrected chi connectivity index (χ0v) is 11.7. The van der Waals surface area contributed by atoms with E-state index in [0.29, 0.717) is 23.3 Å². The summed E-state index contributed by atoms with van der Waals surface area (Å²) >= 11 is 0. The van der Waals surface area contributed by atoms with Crippen LogP contribution in [0.25, 0.3) is 0 Å². The van der Waals surface area contributed by atoms with Gasteiger partial charge >= 0.3 is 5.97 Å². The van der Waals surface area contributed by atoms with Crippen LogP contribution in [-0.2, 0) is 4.79 Å². The highest BCUT2D eigenvalue weighted by Gasteiger charge is 2.41. The second-order valence-corrected chi connectivity index (χ2v) is 6.76. The summed E-state index contributed by atoms with van der Waals surface area (Å²) in [6.07, 6.45) is 3.37. The van der Waals surface area contributed by atoms with Gasteiger partial charge in [-0.25, -0.2) is 0 Å². The van der Waals surface area contributed by atoms with E-state index in [2.05, 4.69) is 0 Å². The van der Waals surface area contributed by atoms with Crippen molar-refractivity contribution in [3.63, 3.8) is 0 Å². The highest BCUT2D eigenvalue weighted by atomic mass is 16.5. The van der Waals surface area contributed by atoms with E-state index in [-0.39, 0.29) is 5.97 Å². The van der Waals surface area contributed by atoms with E-state index in [1.165, 1.54) is 0 Å². The normalized spacial score (nSPS) is 24.4. The van der Waals surface area contributed by atoms with Crippen LogP contribution in [0.4, 0.5) is 0 Å². The van der Waals surface area contributed by atoms with Gasteiger partial charge in [0.1, 0.15) is 11.5 Å². The van der Waals surface area contributed by atoms with Crippen LogP contribution < -0.4 is 4.74 Å². The third-order valence-corrected chi connectivity index (χ3v) is 4.29. The lowest BCUT2D eigenvalue weighted by Gasteiger charge is -2.22. The lowest BCUT2D eigenvalue weighted by molar-refractivity contribution is -0.143. The third kappa shape index (κ3) is 1.92. The Bertz CT molecular complexity index is 540. The smallest absolute Gasteiger partial charge is 0.316 e. The monoisotopic (exact) mass is 260 g/mol. The number of aromatic hydroxyl groups is 1. The maximum absolute atomic E-state index is 12.0. The van der Waals surface area contributed by atoms with Crippen molar-refractivity contribution >= 4 is 5.97 Å². The molecule has 0 aromatic heterocycles. The summed E-state index contributed by atoms with van der Waals surface area (Å²) in [6.45, 7) is 5.55. The molecule has 2 atom stereocenters. The van der Waals surface area contributed by atoms with Crippen molar-refractivity contribution in [3.05, 3.63) is 23.3 Å². The van der Waals surface area contributed by atoms with Crippen molar-refractivity contribution in [2.24, 2.45) is 5.41 Å². The summed E-state index contributed by atoms with van der Waals surface area (Å²) in [6, 6.07) is 3.39. The van der Waals surface area contributed by atoms with Gasteiger partial charge in [0.2, 0.25) is 0 Å². The fraction of sp³-hybridized carbons (Fsp3) is 0.562. The topological polar surface area (TPSA) is 46.5 Å². The van der Waals surface area contributed by atoms with Crippen molar-refractivity contribution in [1.29, 1.82) is 0 Å². The predicted octanol–water partition coefficient (Wildman–Crippen LogP) is 3.71. The van der Waals surface area contributed by atoms with Crippen LogP contribution in [0, 0.1) is 5.41 Å². The molecule has 3 nitrogen and oxygen atoms in total. The van der Waals surface area contributed by atoms with Gasteiger partial charge in [0, 0.05) is 11.1 Å². The number of phenols is 1. The van der Waals surface area contributed by atoms with Crippen LogP contribution in [0.2, 0.25) is 0 Å². The first-order chi connectivity index (χ1) is 8.88. The minimum atomic E-state index is -0.512. The molecule has 19 heavy (non-hydrogen) atoms. The number of ether oxygens (including phenoxy) is 1. The molecule has 0 unspecified atom stereocenters. The minimum Gasteiger partial charge on any atom is -0.508 e. The van der Waals surface area contributed by atoms with Crippen molar-refractivity contribution in [2.45, 2.75) is 51.9 Å². The van der Waals surface area contributed by atoms with Gasteiger partial charge in [-0.1, -0.05) is 0 Å². The number of esters is 1. The molecule has 1 aromatic carbocycles. The molecule has 0 saturated heterocycles. The number of rotatable bonds is 1. The largest absolute Gasteiger partial charge is 0.508 e. The third-order valence-electron chi connectivity index (χ3n) is 4.29. The highest BCUT2D eigenvalue weighted by Crippen LogP contribution is 2.58. The highest BCUT2D eigenvalue weighted by molar-refractivity contribution is 5.78. The first-order valence-corrected chi connectivity index (χ1v) is 6.96. The molecule has 2 aliphatic rings. The molecule has 1 saturated carbocycles. The zero-order valence-electron chi connectivity index (χ0n) is 11.7. The van der Waals surface area contributed by atoms with Crippen molar-refractivity contribution in [1.82, 2.24) is 0 Å². The standard InChI is InChI=1S/C16H20O3/c1-16(2,3)15(18)19-12-7-6-11(17)13-9-4-5-10(8-9)14(12)13/h6-7,9-10,17H,4-5,8H2,1-3H3/t9-,10+/m0/s1. The lowest BCUT2D eigenvalue weighted by Crippen LogP contribution is -2.26. The summed E-state index contributed by atoms with van der Waals surface area (Å²) in [7, 11) is 0. The molecule has 102 valence electrons. The Morgan fingerprint density at radius 2 is 1.84 bits per heavy atom. The number of hydrogen-bond acceptors (Lipinski definition) is 3. The molecule has 1 aromatic rings. The van der Waals surface area contributed by atoms with Crippen LogP contribution in [0.15, 0.2) is 12.1 Å². The fourth-order valence-corrected chi connectivity index (χ4v) is 3.30. The van der Waals surface area contributed by atoms with Crippen LogP contribution in [-0.4, -0.2) is 11.1 Å². The summed E-state index contributed by atoms with van der Waals surface area (Å²) < 4.78 is 5.58. The number of phenolic OH excluding ortho intramolecular Hbond substituents is 1. The molecule has 0 radical (unpaired) electrons. The molecular weight excluding hydrogens is 240 g/mol. The van der Waals surface area contributed by atoms with Crippen LogP contribution in [0.1, 0.15) is 63.0 Å². The number of hydrogen-bond donors (Lipinski definition) is 1. The zero-order chi connectivity index (χ0) is 13.8. The molecule has 0 heterocycles. The molecule has 2 aliphatic carbocycles. The first kappa shape index (κ1) is 12.5. The van der Waals surface area contributed by atoms with Gasteiger partial charge in [0.05, 0.1) is 5.41 Å². The number of fused-ring (bicyclic) bond motifs is 5. The van der Waals surface area contributed by atoms with Crippen molar-refractivity contribution in [3.8, 4) is 11.5 Å². The van der Waals surface area contributed by atoms with E-state index in [4.69, 9.17) is 4.74 Å². The van der Waals surface area contributed by atoms with E-state index < -0.39 is 5.41 Å². The Balaban J connectivity index is 1.99. The van der Waals surface area contributed by atoms with Gasteiger partial charge in [-0.2, -0.15) is 0 Å². The molecule has 1 N–H and O–H groups in total. The average molecular weight is 260 g/mol. The Labute approximate surface area is 113 Å². The lowest BCUT2D eigenvalue weighted by atomic mass is 9.90. The maximum atomic E-state index is 12.0. The van der Waals surface area contributed by atoms with Gasteiger partial charge in [0.15, 0.2) is 0 Å². The summed E-state index contributed by atoms with van der Waals surface area (Å²) in [5.41, 5.74) is 1.59. The van der Waals surface area contributed by atoms with Gasteiger partial charge < -0.3 is 9.84 Å². The van der Waals surface area contributed by atoms with Gasteiger partial charge in [0.25, 0.3) is 0 Å². The molecule has 1 fully saturated rings. The molecule has 0 amide bonds. The number of benzene rings is 1. The van der Waals surface area contributed by atoms with Crippen LogP contribution >= 0.6 is 0 Å². The summed E-state index contributed by atoms with van der Waals surface area (Å²) in [5, 5.41) is 10.0. The quantitative estimate of drug-likeness (QED) is 0.618. The molecule has 2 bridgehead atoms. The second kappa shape index (κ2) is 3.99. The molecule has 3 heteroatoms. The van der Waals surface area contributed by atoms with Crippen molar-refractivity contribution in [2.75, 3.05) is 0 Å². The van der Waals surface area contributed by atoms with Crippen LogP contribution in [0.5, 0.6) is 11.5 Å². The average Bonchev–Trinajstić information content (AvgIpc) is 2.92. The Hall–Kier alpha value is -1.51. The molecule has 3 rings (SSSR count). The van der Waals surface area contributed by atoms with E-state index in [9.17, 15) is 9.90 Å². The second-order valence-electron chi connectivity index (χ2n) is 6.76. The van der Waals surface area contributed by atoms with Gasteiger partial charge in [-0.05, 0) is 64.0 Å². The Morgan fingerprint density at radius 1 is 1.21 bits per heavy atom. The van der Waals surface area contributed by atoms with Crippen LogP contribution in [0.3, 0.4) is 0 Å². The summed E-state index contributed by atoms with van der Waals surface area (Å²) in [5.74, 6) is 1.70. The number of carbonyl (C=O) groups is 1. The van der Waals surface area contributed by atoms with E-state index >= 15 is 0 Å². The minimum absolute atomic E-state index is 0.219. The number of carbonyl (C=O) groups excluding carboxylic acids is 1.